The Balaban J connectivity index is 2.05. The predicted octanol–water partition coefficient (Wildman–Crippen LogP) is 1.36. The van der Waals surface area contributed by atoms with E-state index in [1.54, 1.807) is 24.4 Å². The number of aryl methyl sites for hydroxylation is 1. The molecule has 0 aliphatic heterocycles. The molecule has 0 aliphatic rings. The first kappa shape index (κ1) is 14.8. The largest absolute Gasteiger partial charge is 0.397 e. The van der Waals surface area contributed by atoms with E-state index in [1.165, 1.54) is 0 Å². The number of amides is 1. The van der Waals surface area contributed by atoms with Gasteiger partial charge in [-0.1, -0.05) is 0 Å². The van der Waals surface area contributed by atoms with Gasteiger partial charge in [0, 0.05) is 25.9 Å². The average molecular weight is 285 g/mol. The van der Waals surface area contributed by atoms with E-state index in [9.17, 15) is 4.79 Å². The summed E-state index contributed by atoms with van der Waals surface area (Å²) in [5, 5.41) is 2.82. The minimum Gasteiger partial charge on any atom is -0.397 e. The maximum absolute atomic E-state index is 12.1. The smallest absolute Gasteiger partial charge is 0.251 e. The molecule has 0 aliphatic carbocycles. The molecule has 0 bridgehead atoms. The highest BCUT2D eigenvalue weighted by Gasteiger charge is 2.09. The number of benzene rings is 1. The van der Waals surface area contributed by atoms with Gasteiger partial charge in [0.1, 0.15) is 5.82 Å². The zero-order chi connectivity index (χ0) is 15.4. The second-order valence-corrected chi connectivity index (χ2v) is 4.95. The second kappa shape index (κ2) is 6.21. The fraction of sp³-hybridized carbons (Fsp3) is 0.267. The van der Waals surface area contributed by atoms with E-state index in [0.717, 1.165) is 11.4 Å². The minimum atomic E-state index is -0.178. The summed E-state index contributed by atoms with van der Waals surface area (Å²) in [5.41, 5.74) is 8.71. The van der Waals surface area contributed by atoms with Crippen LogP contribution in [-0.4, -0.2) is 30.0 Å². The van der Waals surface area contributed by atoms with Crippen LogP contribution in [0.4, 0.5) is 11.4 Å². The number of rotatable bonds is 4. The molecule has 6 nitrogen and oxygen atoms in total. The van der Waals surface area contributed by atoms with Crippen LogP contribution in [0.3, 0.4) is 0 Å². The average Bonchev–Trinajstić information content (AvgIpc) is 2.44. The first-order valence-electron chi connectivity index (χ1n) is 6.61. The lowest BCUT2D eigenvalue weighted by molar-refractivity contribution is 0.0950. The fourth-order valence-electron chi connectivity index (χ4n) is 1.98. The van der Waals surface area contributed by atoms with Crippen LogP contribution in [0.1, 0.15) is 21.9 Å². The third-order valence-electron chi connectivity index (χ3n) is 3.04. The van der Waals surface area contributed by atoms with E-state index in [2.05, 4.69) is 15.3 Å². The Kier molecular flexibility index (Phi) is 4.37. The molecule has 1 aromatic heterocycles. The maximum atomic E-state index is 12.1. The lowest BCUT2D eigenvalue weighted by Gasteiger charge is -2.15. The van der Waals surface area contributed by atoms with Crippen LogP contribution < -0.4 is 16.0 Å². The lowest BCUT2D eigenvalue weighted by Crippen LogP contribution is -2.24. The molecule has 0 saturated carbocycles. The van der Waals surface area contributed by atoms with E-state index < -0.39 is 0 Å². The van der Waals surface area contributed by atoms with Crippen molar-refractivity contribution in [3.63, 3.8) is 0 Å². The van der Waals surface area contributed by atoms with Gasteiger partial charge in [-0.25, -0.2) is 9.97 Å². The van der Waals surface area contributed by atoms with Crippen molar-refractivity contribution in [1.29, 1.82) is 0 Å². The molecule has 110 valence electrons. The molecule has 6 heteroatoms. The Morgan fingerprint density at radius 3 is 2.71 bits per heavy atom. The molecule has 0 unspecified atom stereocenters. The van der Waals surface area contributed by atoms with Gasteiger partial charge in [-0.15, -0.1) is 0 Å². The first-order valence-corrected chi connectivity index (χ1v) is 6.61. The first-order chi connectivity index (χ1) is 9.97. The van der Waals surface area contributed by atoms with Crippen LogP contribution >= 0.6 is 0 Å². The number of anilines is 2. The third-order valence-corrected chi connectivity index (χ3v) is 3.04. The monoisotopic (exact) mass is 285 g/mol. The number of aromatic nitrogens is 2. The molecule has 0 fully saturated rings. The van der Waals surface area contributed by atoms with Crippen LogP contribution in [0.5, 0.6) is 0 Å². The van der Waals surface area contributed by atoms with Gasteiger partial charge in [-0.3, -0.25) is 4.79 Å². The molecule has 2 rings (SSSR count). The van der Waals surface area contributed by atoms with Crippen LogP contribution in [0.15, 0.2) is 30.5 Å². The summed E-state index contributed by atoms with van der Waals surface area (Å²) < 4.78 is 0. The van der Waals surface area contributed by atoms with Crippen molar-refractivity contribution in [2.75, 3.05) is 24.7 Å². The van der Waals surface area contributed by atoms with E-state index in [4.69, 9.17) is 5.73 Å². The van der Waals surface area contributed by atoms with E-state index in [0.29, 0.717) is 23.6 Å². The standard InChI is InChI=1S/C15H19N5O/c1-10-17-7-6-12(19-10)9-18-15(21)11-4-5-14(20(2)3)13(16)8-11/h4-8H,9,16H2,1-3H3,(H,18,21). The Morgan fingerprint density at radius 1 is 1.33 bits per heavy atom. The van der Waals surface area contributed by atoms with Gasteiger partial charge in [-0.05, 0) is 31.2 Å². The van der Waals surface area contributed by atoms with Crippen molar-refractivity contribution in [2.24, 2.45) is 0 Å². The SMILES string of the molecule is Cc1nccc(CNC(=O)c2ccc(N(C)C)c(N)c2)n1. The third kappa shape index (κ3) is 3.68. The highest BCUT2D eigenvalue weighted by Crippen LogP contribution is 2.22. The molecule has 1 amide bonds. The van der Waals surface area contributed by atoms with Crippen LogP contribution in [0, 0.1) is 6.92 Å². The minimum absolute atomic E-state index is 0.178. The number of nitrogens with two attached hydrogens (primary N) is 1. The summed E-state index contributed by atoms with van der Waals surface area (Å²) in [7, 11) is 3.81. The van der Waals surface area contributed by atoms with Crippen molar-refractivity contribution in [3.05, 3.63) is 47.5 Å². The number of nitrogens with zero attached hydrogens (tertiary/aromatic N) is 3. The molecule has 0 saturated heterocycles. The molecular formula is C15H19N5O. The highest BCUT2D eigenvalue weighted by atomic mass is 16.1. The molecule has 0 atom stereocenters. The zero-order valence-corrected chi connectivity index (χ0v) is 12.4. The summed E-state index contributed by atoms with van der Waals surface area (Å²) in [6.45, 7) is 2.17. The quantitative estimate of drug-likeness (QED) is 0.829. The second-order valence-electron chi connectivity index (χ2n) is 4.95. The van der Waals surface area contributed by atoms with Crippen molar-refractivity contribution < 1.29 is 4.79 Å². The van der Waals surface area contributed by atoms with Gasteiger partial charge >= 0.3 is 0 Å². The molecule has 1 heterocycles. The molecule has 3 N–H and O–H groups in total. The number of nitrogens with one attached hydrogen (secondary N) is 1. The maximum Gasteiger partial charge on any atom is 0.251 e. The molecule has 0 radical (unpaired) electrons. The van der Waals surface area contributed by atoms with Gasteiger partial charge < -0.3 is 16.0 Å². The van der Waals surface area contributed by atoms with Crippen molar-refractivity contribution in [2.45, 2.75) is 13.5 Å². The fourth-order valence-corrected chi connectivity index (χ4v) is 1.98. The van der Waals surface area contributed by atoms with Crippen molar-refractivity contribution in [1.82, 2.24) is 15.3 Å². The molecule has 2 aromatic rings. The molecule has 0 spiro atoms. The Hall–Kier alpha value is -2.63. The van der Waals surface area contributed by atoms with E-state index in [-0.39, 0.29) is 5.91 Å². The topological polar surface area (TPSA) is 84.1 Å². The van der Waals surface area contributed by atoms with Gasteiger partial charge in [-0.2, -0.15) is 0 Å². The van der Waals surface area contributed by atoms with Crippen LogP contribution in [0.25, 0.3) is 0 Å². The van der Waals surface area contributed by atoms with Gasteiger partial charge in [0.2, 0.25) is 0 Å². The normalized spacial score (nSPS) is 10.2. The number of carbonyl (C=O) groups excluding carboxylic acids is 1. The molecular weight excluding hydrogens is 266 g/mol. The predicted molar refractivity (Wildman–Crippen MR) is 83.1 cm³/mol. The highest BCUT2D eigenvalue weighted by molar-refractivity contribution is 5.96. The summed E-state index contributed by atoms with van der Waals surface area (Å²) in [6, 6.07) is 7.04. The number of carbonyl (C=O) groups is 1. The van der Waals surface area contributed by atoms with Crippen LogP contribution in [0.2, 0.25) is 0 Å². The number of hydrogen-bond acceptors (Lipinski definition) is 5. The van der Waals surface area contributed by atoms with Crippen molar-refractivity contribution in [3.8, 4) is 0 Å². The lowest BCUT2D eigenvalue weighted by atomic mass is 10.1. The zero-order valence-electron chi connectivity index (χ0n) is 12.4. The Morgan fingerprint density at radius 2 is 2.10 bits per heavy atom. The van der Waals surface area contributed by atoms with Gasteiger partial charge in [0.15, 0.2) is 0 Å². The Labute approximate surface area is 124 Å². The Bertz CT molecular complexity index is 654. The summed E-state index contributed by atoms with van der Waals surface area (Å²) in [4.78, 5) is 22.3. The number of hydrogen-bond donors (Lipinski definition) is 2. The molecule has 1 aromatic carbocycles. The van der Waals surface area contributed by atoms with E-state index >= 15 is 0 Å². The van der Waals surface area contributed by atoms with Gasteiger partial charge in [0.25, 0.3) is 5.91 Å². The van der Waals surface area contributed by atoms with E-state index in [1.807, 2.05) is 32.0 Å². The summed E-state index contributed by atoms with van der Waals surface area (Å²) >= 11 is 0. The number of nitrogen functional groups attached to an aromatic ring is 1. The molecule has 21 heavy (non-hydrogen) atoms. The summed E-state index contributed by atoms with van der Waals surface area (Å²) in [5.74, 6) is 0.504. The van der Waals surface area contributed by atoms with Crippen molar-refractivity contribution >= 4 is 17.3 Å². The van der Waals surface area contributed by atoms with Crippen LogP contribution in [-0.2, 0) is 6.54 Å². The van der Waals surface area contributed by atoms with Gasteiger partial charge in [0.05, 0.1) is 23.6 Å². The summed E-state index contributed by atoms with van der Waals surface area (Å²) in [6.07, 6.45) is 1.67.